The van der Waals surface area contributed by atoms with E-state index in [2.05, 4.69) is 0 Å². The molecule has 0 unspecified atom stereocenters. The number of aliphatic hydroxyl groups excluding tert-OH is 2. The summed E-state index contributed by atoms with van der Waals surface area (Å²) >= 11 is 0. The smallest absolute Gasteiger partial charge is 0.0832 e. The highest BCUT2D eigenvalue weighted by Crippen LogP contribution is 2.05. The van der Waals surface area contributed by atoms with Crippen LogP contribution < -0.4 is 0 Å². The van der Waals surface area contributed by atoms with E-state index in [4.69, 9.17) is 14.9 Å². The van der Waals surface area contributed by atoms with Crippen molar-refractivity contribution in [3.05, 3.63) is 35.9 Å². The molecule has 0 heterocycles. The van der Waals surface area contributed by atoms with E-state index in [-0.39, 0.29) is 19.3 Å². The molecule has 0 radical (unpaired) electrons. The second-order valence-corrected chi connectivity index (χ2v) is 3.11. The zero-order valence-corrected chi connectivity index (χ0v) is 8.10. The fourth-order valence-electron chi connectivity index (χ4n) is 1.16. The molecule has 3 heteroatoms. The van der Waals surface area contributed by atoms with Crippen LogP contribution >= 0.6 is 0 Å². The van der Waals surface area contributed by atoms with Gasteiger partial charge in [-0.1, -0.05) is 30.3 Å². The lowest BCUT2D eigenvalue weighted by atomic mass is 10.2. The first-order valence-electron chi connectivity index (χ1n) is 4.74. The Balaban J connectivity index is 2.32. The average Bonchev–Trinajstić information content (AvgIpc) is 2.25. The molecule has 1 rings (SSSR count). The third kappa shape index (κ3) is 3.87. The molecule has 2 N–H and O–H groups in total. The van der Waals surface area contributed by atoms with Crippen molar-refractivity contribution in [1.29, 1.82) is 0 Å². The van der Waals surface area contributed by atoms with Crippen molar-refractivity contribution in [3.8, 4) is 0 Å². The third-order valence-electron chi connectivity index (χ3n) is 1.98. The Bertz CT molecular complexity index is 236. The van der Waals surface area contributed by atoms with Crippen molar-refractivity contribution >= 4 is 0 Å². The number of hydrogen-bond acceptors (Lipinski definition) is 3. The standard InChI is InChI=1S/C11H16O3/c12-7-6-11(8-13)14-9-10-4-2-1-3-5-10/h1-5,11-13H,6-9H2/t11-/m1/s1. The minimum absolute atomic E-state index is 0.0417. The number of hydrogen-bond donors (Lipinski definition) is 2. The number of rotatable bonds is 6. The fourth-order valence-corrected chi connectivity index (χ4v) is 1.16. The van der Waals surface area contributed by atoms with Gasteiger partial charge in [0.15, 0.2) is 0 Å². The molecule has 0 amide bonds. The molecule has 1 aromatic rings. The van der Waals surface area contributed by atoms with Gasteiger partial charge in [-0.2, -0.15) is 0 Å². The lowest BCUT2D eigenvalue weighted by molar-refractivity contribution is -0.0104. The van der Waals surface area contributed by atoms with E-state index in [0.29, 0.717) is 13.0 Å². The van der Waals surface area contributed by atoms with Crippen LogP contribution in [0.5, 0.6) is 0 Å². The van der Waals surface area contributed by atoms with Gasteiger partial charge < -0.3 is 14.9 Å². The summed E-state index contributed by atoms with van der Waals surface area (Å²) in [5.74, 6) is 0. The summed E-state index contributed by atoms with van der Waals surface area (Å²) in [5, 5.41) is 17.6. The SMILES string of the molecule is OCC[C@H](CO)OCc1ccccc1. The van der Waals surface area contributed by atoms with E-state index in [9.17, 15) is 0 Å². The first-order valence-corrected chi connectivity index (χ1v) is 4.74. The Labute approximate surface area is 84.0 Å². The number of aliphatic hydroxyl groups is 2. The first-order chi connectivity index (χ1) is 6.86. The summed E-state index contributed by atoms with van der Waals surface area (Å²) in [7, 11) is 0. The predicted octanol–water partition coefficient (Wildman–Crippen LogP) is 0.946. The number of benzene rings is 1. The van der Waals surface area contributed by atoms with E-state index >= 15 is 0 Å². The van der Waals surface area contributed by atoms with Crippen LogP contribution in [0.1, 0.15) is 12.0 Å². The van der Waals surface area contributed by atoms with Gasteiger partial charge in [-0.05, 0) is 12.0 Å². The summed E-state index contributed by atoms with van der Waals surface area (Å²) in [6, 6.07) is 9.76. The zero-order valence-electron chi connectivity index (χ0n) is 8.10. The summed E-state index contributed by atoms with van der Waals surface area (Å²) in [4.78, 5) is 0. The number of ether oxygens (including phenoxy) is 1. The Morgan fingerprint density at radius 2 is 1.86 bits per heavy atom. The summed E-state index contributed by atoms with van der Waals surface area (Å²) < 4.78 is 5.41. The molecule has 0 aromatic heterocycles. The molecule has 0 saturated heterocycles. The van der Waals surface area contributed by atoms with Crippen LogP contribution in [-0.4, -0.2) is 29.5 Å². The van der Waals surface area contributed by atoms with Crippen molar-refractivity contribution < 1.29 is 14.9 Å². The molecule has 0 aliphatic carbocycles. The van der Waals surface area contributed by atoms with Gasteiger partial charge >= 0.3 is 0 Å². The highest BCUT2D eigenvalue weighted by Gasteiger charge is 2.06. The molecule has 14 heavy (non-hydrogen) atoms. The molecule has 0 spiro atoms. The van der Waals surface area contributed by atoms with Gasteiger partial charge in [0, 0.05) is 6.61 Å². The summed E-state index contributed by atoms with van der Waals surface area (Å²) in [5.41, 5.74) is 1.07. The second kappa shape index (κ2) is 6.54. The molecule has 1 aromatic carbocycles. The quantitative estimate of drug-likeness (QED) is 0.712. The highest BCUT2D eigenvalue weighted by molar-refractivity contribution is 5.13. The molecule has 3 nitrogen and oxygen atoms in total. The normalized spacial score (nSPS) is 12.7. The highest BCUT2D eigenvalue weighted by atomic mass is 16.5. The lowest BCUT2D eigenvalue weighted by Gasteiger charge is -2.13. The molecule has 1 atom stereocenters. The third-order valence-corrected chi connectivity index (χ3v) is 1.98. The van der Waals surface area contributed by atoms with Crippen LogP contribution in [0.3, 0.4) is 0 Å². The lowest BCUT2D eigenvalue weighted by Crippen LogP contribution is -2.18. The van der Waals surface area contributed by atoms with Crippen molar-refractivity contribution in [1.82, 2.24) is 0 Å². The van der Waals surface area contributed by atoms with Gasteiger partial charge in [-0.3, -0.25) is 0 Å². The van der Waals surface area contributed by atoms with Crippen LogP contribution in [0, 0.1) is 0 Å². The maximum Gasteiger partial charge on any atom is 0.0832 e. The van der Waals surface area contributed by atoms with Gasteiger partial charge in [0.1, 0.15) is 0 Å². The monoisotopic (exact) mass is 196 g/mol. The van der Waals surface area contributed by atoms with Crippen LogP contribution in [0.2, 0.25) is 0 Å². The Morgan fingerprint density at radius 3 is 2.43 bits per heavy atom. The minimum Gasteiger partial charge on any atom is -0.396 e. The minimum atomic E-state index is -0.264. The maximum atomic E-state index is 8.90. The van der Waals surface area contributed by atoms with Crippen LogP contribution in [-0.2, 0) is 11.3 Å². The molecule has 0 bridgehead atoms. The van der Waals surface area contributed by atoms with Crippen LogP contribution in [0.25, 0.3) is 0 Å². The fraction of sp³-hybridized carbons (Fsp3) is 0.455. The molecule has 0 aliphatic rings. The van der Waals surface area contributed by atoms with Crippen molar-refractivity contribution in [2.24, 2.45) is 0 Å². The van der Waals surface area contributed by atoms with Crippen molar-refractivity contribution in [2.75, 3.05) is 13.2 Å². The molecule has 0 fully saturated rings. The van der Waals surface area contributed by atoms with Gasteiger partial charge in [0.05, 0.1) is 19.3 Å². The van der Waals surface area contributed by atoms with E-state index in [0.717, 1.165) is 5.56 Å². The van der Waals surface area contributed by atoms with E-state index < -0.39 is 0 Å². The Morgan fingerprint density at radius 1 is 1.14 bits per heavy atom. The van der Waals surface area contributed by atoms with E-state index in [1.54, 1.807) is 0 Å². The average molecular weight is 196 g/mol. The largest absolute Gasteiger partial charge is 0.396 e. The van der Waals surface area contributed by atoms with Gasteiger partial charge in [0.2, 0.25) is 0 Å². The molecule has 0 aliphatic heterocycles. The topological polar surface area (TPSA) is 49.7 Å². The molecular weight excluding hydrogens is 180 g/mol. The van der Waals surface area contributed by atoms with E-state index in [1.807, 2.05) is 30.3 Å². The van der Waals surface area contributed by atoms with Gasteiger partial charge in [0.25, 0.3) is 0 Å². The van der Waals surface area contributed by atoms with Gasteiger partial charge in [-0.25, -0.2) is 0 Å². The molecular formula is C11H16O3. The van der Waals surface area contributed by atoms with Crippen LogP contribution in [0.15, 0.2) is 30.3 Å². The van der Waals surface area contributed by atoms with Crippen molar-refractivity contribution in [3.63, 3.8) is 0 Å². The Hall–Kier alpha value is -0.900. The Kier molecular flexibility index (Phi) is 5.22. The van der Waals surface area contributed by atoms with Gasteiger partial charge in [-0.15, -0.1) is 0 Å². The molecule has 0 saturated carbocycles. The zero-order chi connectivity index (χ0) is 10.2. The van der Waals surface area contributed by atoms with E-state index in [1.165, 1.54) is 0 Å². The first kappa shape index (κ1) is 11.2. The van der Waals surface area contributed by atoms with Crippen LogP contribution in [0.4, 0.5) is 0 Å². The summed E-state index contributed by atoms with van der Waals surface area (Å²) in [6.07, 6.45) is 0.212. The second-order valence-electron chi connectivity index (χ2n) is 3.11. The van der Waals surface area contributed by atoms with Crippen molar-refractivity contribution in [2.45, 2.75) is 19.1 Å². The predicted molar refractivity (Wildman–Crippen MR) is 53.8 cm³/mol. The summed E-state index contributed by atoms with van der Waals surface area (Å²) in [6.45, 7) is 0.472. The maximum absolute atomic E-state index is 8.90. The molecule has 78 valence electrons.